The monoisotopic (exact) mass is 531 g/mol. The molecule has 7 heteroatoms. The van der Waals surface area contributed by atoms with E-state index in [1.807, 2.05) is 77.8 Å². The fourth-order valence-corrected chi connectivity index (χ4v) is 5.44. The normalized spacial score (nSPS) is 14.1. The minimum Gasteiger partial charge on any atom is -0.329 e. The van der Waals surface area contributed by atoms with E-state index in [1.54, 1.807) is 23.1 Å². The van der Waals surface area contributed by atoms with Crippen LogP contribution in [0.2, 0.25) is 10.0 Å². The van der Waals surface area contributed by atoms with E-state index in [2.05, 4.69) is 11.5 Å². The molecular weight excluding hydrogens is 505 g/mol. The molecule has 1 aliphatic heterocycles. The van der Waals surface area contributed by atoms with E-state index in [1.165, 1.54) is 0 Å². The van der Waals surface area contributed by atoms with Gasteiger partial charge >= 0.3 is 0 Å². The third-order valence-corrected chi connectivity index (χ3v) is 7.04. The number of carbonyl (C=O) groups excluding carboxylic acids is 2. The van der Waals surface area contributed by atoms with Crippen LogP contribution >= 0.6 is 23.2 Å². The highest BCUT2D eigenvalue weighted by Gasteiger charge is 2.37. The number of anilines is 1. The summed E-state index contributed by atoms with van der Waals surface area (Å²) in [4.78, 5) is 31.2. The van der Waals surface area contributed by atoms with Crippen LogP contribution in [0.25, 0.3) is 5.69 Å². The second-order valence-electron chi connectivity index (χ2n) is 9.11. The number of hydrogen-bond donors (Lipinski definition) is 0. The van der Waals surface area contributed by atoms with Crippen molar-refractivity contribution >= 4 is 40.7 Å². The first kappa shape index (κ1) is 25.1. The van der Waals surface area contributed by atoms with Crippen LogP contribution in [0, 0.1) is 0 Å². The van der Waals surface area contributed by atoms with E-state index < -0.39 is 0 Å². The van der Waals surface area contributed by atoms with Crippen molar-refractivity contribution in [3.05, 3.63) is 118 Å². The van der Waals surface area contributed by atoms with Gasteiger partial charge in [-0.15, -0.1) is 0 Å². The van der Waals surface area contributed by atoms with Crippen LogP contribution in [0.3, 0.4) is 0 Å². The van der Waals surface area contributed by atoms with Crippen LogP contribution in [0.5, 0.6) is 0 Å². The number of halogens is 2. The maximum absolute atomic E-state index is 14.2. The number of hydrogen-bond acceptors (Lipinski definition) is 2. The number of rotatable bonds is 7. The average molecular weight is 532 g/mol. The van der Waals surface area contributed by atoms with Gasteiger partial charge in [0.15, 0.2) is 0 Å². The summed E-state index contributed by atoms with van der Waals surface area (Å²) >= 11 is 12.4. The number of benzene rings is 3. The molecule has 0 N–H and O–H groups in total. The molecule has 1 atom stereocenters. The zero-order chi connectivity index (χ0) is 25.9. The van der Waals surface area contributed by atoms with Gasteiger partial charge in [-0.2, -0.15) is 0 Å². The summed E-state index contributed by atoms with van der Waals surface area (Å²) in [6, 6.07) is 26.3. The van der Waals surface area contributed by atoms with E-state index in [4.69, 9.17) is 23.2 Å². The molecule has 5 nitrogen and oxygen atoms in total. The van der Waals surface area contributed by atoms with Gasteiger partial charge in [-0.3, -0.25) is 14.5 Å². The number of unbranched alkanes of at least 4 members (excludes halogenated alkanes) is 1. The summed E-state index contributed by atoms with van der Waals surface area (Å²) in [5, 5.41) is 0.764. The van der Waals surface area contributed by atoms with Crippen molar-refractivity contribution in [3.8, 4) is 5.69 Å². The number of amides is 2. The third-order valence-electron chi connectivity index (χ3n) is 6.61. The molecule has 2 amide bonds. The topological polar surface area (TPSA) is 45.6 Å². The van der Waals surface area contributed by atoms with Gasteiger partial charge in [0, 0.05) is 28.4 Å². The molecular formula is C30H27Cl2N3O2. The van der Waals surface area contributed by atoms with Crippen molar-refractivity contribution in [2.75, 3.05) is 18.0 Å². The highest BCUT2D eigenvalue weighted by Crippen LogP contribution is 2.42. The van der Waals surface area contributed by atoms with E-state index in [0.717, 1.165) is 35.5 Å². The number of nitrogens with zero attached hydrogens (tertiary/aromatic N) is 3. The van der Waals surface area contributed by atoms with Gasteiger partial charge in [0.25, 0.3) is 5.91 Å². The lowest BCUT2D eigenvalue weighted by Gasteiger charge is -2.39. The third kappa shape index (κ3) is 5.02. The predicted octanol–water partition coefficient (Wildman–Crippen LogP) is 7.16. The Hall–Kier alpha value is -3.54. The van der Waals surface area contributed by atoms with Gasteiger partial charge in [-0.05, 0) is 54.4 Å². The molecule has 1 aliphatic rings. The number of carbonyl (C=O) groups is 2. The molecule has 1 unspecified atom stereocenters. The first-order valence-corrected chi connectivity index (χ1v) is 13.1. The Kier molecular flexibility index (Phi) is 7.36. The molecule has 5 rings (SSSR count). The van der Waals surface area contributed by atoms with Crippen molar-refractivity contribution in [1.82, 2.24) is 9.47 Å². The van der Waals surface area contributed by atoms with Crippen LogP contribution < -0.4 is 4.90 Å². The summed E-state index contributed by atoms with van der Waals surface area (Å²) in [5.41, 5.74) is 4.09. The summed E-state index contributed by atoms with van der Waals surface area (Å²) in [5.74, 6) is -0.428. The molecule has 0 radical (unpaired) electrons. The second-order valence-corrected chi connectivity index (χ2v) is 9.98. The van der Waals surface area contributed by atoms with Gasteiger partial charge in [0.05, 0.1) is 17.1 Å². The Bertz CT molecular complexity index is 1410. The lowest BCUT2D eigenvalue weighted by Crippen LogP contribution is -2.47. The van der Waals surface area contributed by atoms with Gasteiger partial charge in [0.2, 0.25) is 5.91 Å². The zero-order valence-corrected chi connectivity index (χ0v) is 22.0. The maximum Gasteiger partial charge on any atom is 0.254 e. The molecule has 0 spiro atoms. The van der Waals surface area contributed by atoms with Crippen molar-refractivity contribution in [2.24, 2.45) is 0 Å². The highest BCUT2D eigenvalue weighted by molar-refractivity contribution is 6.35. The van der Waals surface area contributed by atoms with Crippen LogP contribution in [-0.2, 0) is 4.79 Å². The SMILES string of the molecule is CCCCN(CC(=O)N1c2ccccc2-n2cccc2C1c1ccccc1)C(=O)c1cc(Cl)cc(Cl)c1. The van der Waals surface area contributed by atoms with E-state index >= 15 is 0 Å². The predicted molar refractivity (Wildman–Crippen MR) is 149 cm³/mol. The Labute approximate surface area is 226 Å². The van der Waals surface area contributed by atoms with Gasteiger partial charge < -0.3 is 9.47 Å². The lowest BCUT2D eigenvalue weighted by molar-refractivity contribution is -0.119. The second kappa shape index (κ2) is 10.8. The van der Waals surface area contributed by atoms with Gasteiger partial charge in [0.1, 0.15) is 12.6 Å². The molecule has 0 bridgehead atoms. The van der Waals surface area contributed by atoms with Crippen molar-refractivity contribution in [2.45, 2.75) is 25.8 Å². The molecule has 2 heterocycles. The largest absolute Gasteiger partial charge is 0.329 e. The van der Waals surface area contributed by atoms with Gasteiger partial charge in [-0.25, -0.2) is 0 Å². The molecule has 0 saturated heterocycles. The molecule has 0 fully saturated rings. The minimum absolute atomic E-state index is 0.0681. The average Bonchev–Trinajstić information content (AvgIpc) is 3.39. The van der Waals surface area contributed by atoms with Crippen LogP contribution in [0.4, 0.5) is 5.69 Å². The Morgan fingerprint density at radius 2 is 1.54 bits per heavy atom. The van der Waals surface area contributed by atoms with Crippen molar-refractivity contribution < 1.29 is 9.59 Å². The number of para-hydroxylation sites is 2. The minimum atomic E-state index is -0.331. The molecule has 4 aromatic rings. The molecule has 3 aromatic carbocycles. The molecule has 37 heavy (non-hydrogen) atoms. The van der Waals surface area contributed by atoms with E-state index in [9.17, 15) is 9.59 Å². The number of aromatic nitrogens is 1. The van der Waals surface area contributed by atoms with Crippen LogP contribution in [0.1, 0.15) is 47.4 Å². The van der Waals surface area contributed by atoms with Crippen LogP contribution in [-0.4, -0.2) is 34.4 Å². The summed E-state index contributed by atoms with van der Waals surface area (Å²) in [7, 11) is 0. The quantitative estimate of drug-likeness (QED) is 0.254. The standard InChI is InChI=1S/C30H27Cl2N3O2/c1-2-3-15-33(30(37)22-17-23(31)19-24(32)18-22)20-28(36)35-26-13-8-7-12-25(26)34-16-9-14-27(34)29(35)21-10-5-4-6-11-21/h4-14,16-19,29H,2-3,15,20H2,1H3. The smallest absolute Gasteiger partial charge is 0.254 e. The van der Waals surface area contributed by atoms with Crippen LogP contribution in [0.15, 0.2) is 91.1 Å². The zero-order valence-electron chi connectivity index (χ0n) is 20.5. The van der Waals surface area contributed by atoms with E-state index in [0.29, 0.717) is 22.2 Å². The fourth-order valence-electron chi connectivity index (χ4n) is 4.91. The molecule has 188 valence electrons. The van der Waals surface area contributed by atoms with Crippen molar-refractivity contribution in [1.29, 1.82) is 0 Å². The number of fused-ring (bicyclic) bond motifs is 3. The maximum atomic E-state index is 14.2. The Balaban J connectivity index is 1.55. The summed E-state index contributed by atoms with van der Waals surface area (Å²) < 4.78 is 2.13. The molecule has 0 saturated carbocycles. The Morgan fingerprint density at radius 1 is 0.865 bits per heavy atom. The lowest BCUT2D eigenvalue weighted by atomic mass is 9.97. The summed E-state index contributed by atoms with van der Waals surface area (Å²) in [6.07, 6.45) is 3.68. The summed E-state index contributed by atoms with van der Waals surface area (Å²) in [6.45, 7) is 2.44. The van der Waals surface area contributed by atoms with Crippen molar-refractivity contribution in [3.63, 3.8) is 0 Å². The first-order valence-electron chi connectivity index (χ1n) is 12.4. The van der Waals surface area contributed by atoms with Gasteiger partial charge in [-0.1, -0.05) is 79.0 Å². The fraction of sp³-hybridized carbons (Fsp3) is 0.200. The first-order chi connectivity index (χ1) is 18.0. The van der Waals surface area contributed by atoms with E-state index in [-0.39, 0.29) is 24.4 Å². The Morgan fingerprint density at radius 3 is 2.24 bits per heavy atom. The molecule has 1 aromatic heterocycles. The highest BCUT2D eigenvalue weighted by atomic mass is 35.5. The molecule has 0 aliphatic carbocycles.